The molecule has 0 unspecified atom stereocenters. The first-order valence-electron chi connectivity index (χ1n) is 5.47. The van der Waals surface area contributed by atoms with Gasteiger partial charge < -0.3 is 5.73 Å². The van der Waals surface area contributed by atoms with E-state index < -0.39 is 0 Å². The lowest BCUT2D eigenvalue weighted by Gasteiger charge is -2.06. The van der Waals surface area contributed by atoms with Crippen molar-refractivity contribution < 1.29 is 0 Å². The predicted octanol–water partition coefficient (Wildman–Crippen LogP) is 3.92. The number of benzene rings is 2. The molecule has 92 valence electrons. The summed E-state index contributed by atoms with van der Waals surface area (Å²) in [4.78, 5) is 1.08. The van der Waals surface area contributed by atoms with Crippen LogP contribution in [0.2, 0.25) is 5.02 Å². The lowest BCUT2D eigenvalue weighted by molar-refractivity contribution is 1.36. The molecule has 2 rings (SSSR count). The highest BCUT2D eigenvalue weighted by Crippen LogP contribution is 2.27. The van der Waals surface area contributed by atoms with Crippen molar-refractivity contribution >= 4 is 29.2 Å². The van der Waals surface area contributed by atoms with Gasteiger partial charge in [0.1, 0.15) is 5.84 Å². The van der Waals surface area contributed by atoms with Crippen LogP contribution in [-0.4, -0.2) is 5.84 Å². The second-order valence-electron chi connectivity index (χ2n) is 3.83. The van der Waals surface area contributed by atoms with Crippen LogP contribution in [0.3, 0.4) is 0 Å². The molecule has 0 amide bonds. The molecule has 0 saturated heterocycles. The minimum atomic E-state index is -0.000362. The number of nitrogens with two attached hydrogens (primary N) is 1. The first-order chi connectivity index (χ1) is 8.66. The molecule has 0 aliphatic heterocycles. The molecular weight excluding hydrogens is 264 g/mol. The zero-order valence-corrected chi connectivity index (χ0v) is 11.3. The van der Waals surface area contributed by atoms with Crippen LogP contribution in [0.1, 0.15) is 11.1 Å². The molecule has 4 heteroatoms. The minimum absolute atomic E-state index is 0.000362. The first-order valence-corrected chi connectivity index (χ1v) is 6.84. The van der Waals surface area contributed by atoms with E-state index in [2.05, 4.69) is 12.1 Å². The fourth-order valence-corrected chi connectivity index (χ4v) is 2.78. The van der Waals surface area contributed by atoms with Crippen molar-refractivity contribution in [3.63, 3.8) is 0 Å². The van der Waals surface area contributed by atoms with Crippen LogP contribution >= 0.6 is 23.4 Å². The van der Waals surface area contributed by atoms with Crippen molar-refractivity contribution in [3.05, 3.63) is 64.7 Å². The molecule has 2 aromatic carbocycles. The summed E-state index contributed by atoms with van der Waals surface area (Å²) in [5.74, 6) is 0.899. The largest absolute Gasteiger partial charge is 0.384 e. The quantitative estimate of drug-likeness (QED) is 0.505. The Bertz CT molecular complexity index is 555. The average molecular weight is 277 g/mol. The highest BCUT2D eigenvalue weighted by atomic mass is 35.5. The van der Waals surface area contributed by atoms with Gasteiger partial charge in [-0.05, 0) is 23.8 Å². The van der Waals surface area contributed by atoms with Crippen LogP contribution in [0.25, 0.3) is 0 Å². The lowest BCUT2D eigenvalue weighted by Crippen LogP contribution is -2.11. The highest BCUT2D eigenvalue weighted by Gasteiger charge is 2.05. The van der Waals surface area contributed by atoms with E-state index in [0.717, 1.165) is 10.6 Å². The van der Waals surface area contributed by atoms with Gasteiger partial charge in [0.15, 0.2) is 0 Å². The van der Waals surface area contributed by atoms with E-state index in [1.165, 1.54) is 5.56 Å². The number of hydrogen-bond acceptors (Lipinski definition) is 2. The molecule has 0 radical (unpaired) electrons. The van der Waals surface area contributed by atoms with Gasteiger partial charge in [-0.15, -0.1) is 11.8 Å². The lowest BCUT2D eigenvalue weighted by atomic mass is 10.2. The first kappa shape index (κ1) is 13.0. The molecule has 18 heavy (non-hydrogen) atoms. The molecular formula is C14H13ClN2S. The molecule has 0 spiro atoms. The summed E-state index contributed by atoms with van der Waals surface area (Å²) in [6.45, 7) is 0. The molecule has 3 N–H and O–H groups in total. The van der Waals surface area contributed by atoms with Gasteiger partial charge in [-0.25, -0.2) is 0 Å². The number of halogens is 1. The standard InChI is InChI=1S/C14H13ClN2S/c15-13-8-11(6-7-12(13)14(16)17)18-9-10-4-2-1-3-5-10/h1-8H,9H2,(H3,16,17). The Morgan fingerprint density at radius 1 is 1.17 bits per heavy atom. The average Bonchev–Trinajstić information content (AvgIpc) is 2.37. The van der Waals surface area contributed by atoms with Crippen molar-refractivity contribution in [2.45, 2.75) is 10.6 Å². The Morgan fingerprint density at radius 3 is 2.50 bits per heavy atom. The summed E-state index contributed by atoms with van der Waals surface area (Å²) in [5, 5.41) is 7.90. The van der Waals surface area contributed by atoms with Crippen LogP contribution in [-0.2, 0) is 5.75 Å². The number of hydrogen-bond donors (Lipinski definition) is 2. The van der Waals surface area contributed by atoms with E-state index in [9.17, 15) is 0 Å². The van der Waals surface area contributed by atoms with Gasteiger partial charge in [0.25, 0.3) is 0 Å². The molecule has 0 aliphatic rings. The second-order valence-corrected chi connectivity index (χ2v) is 5.29. The summed E-state index contributed by atoms with van der Waals surface area (Å²) in [5.41, 5.74) is 7.28. The summed E-state index contributed by atoms with van der Waals surface area (Å²) >= 11 is 7.78. The van der Waals surface area contributed by atoms with Crippen molar-refractivity contribution in [2.24, 2.45) is 5.73 Å². The molecule has 0 heterocycles. The number of nitrogens with one attached hydrogen (secondary N) is 1. The van der Waals surface area contributed by atoms with Gasteiger partial charge in [-0.3, -0.25) is 5.41 Å². The smallest absolute Gasteiger partial charge is 0.124 e. The summed E-state index contributed by atoms with van der Waals surface area (Å²) in [7, 11) is 0. The van der Waals surface area contributed by atoms with Crippen LogP contribution in [0.5, 0.6) is 0 Å². The molecule has 0 aliphatic carbocycles. The van der Waals surface area contributed by atoms with Gasteiger partial charge in [0, 0.05) is 16.2 Å². The summed E-state index contributed by atoms with van der Waals surface area (Å²) in [6.07, 6.45) is 0. The fraction of sp³-hybridized carbons (Fsp3) is 0.0714. The Kier molecular flexibility index (Phi) is 4.28. The molecule has 0 saturated carbocycles. The minimum Gasteiger partial charge on any atom is -0.384 e. The van der Waals surface area contributed by atoms with E-state index in [4.69, 9.17) is 22.7 Å². The zero-order valence-electron chi connectivity index (χ0n) is 9.69. The Labute approximate surface area is 116 Å². The van der Waals surface area contributed by atoms with Crippen molar-refractivity contribution in [1.29, 1.82) is 5.41 Å². The van der Waals surface area contributed by atoms with Crippen LogP contribution in [0.15, 0.2) is 53.4 Å². The maximum absolute atomic E-state index is 7.37. The number of thioether (sulfide) groups is 1. The van der Waals surface area contributed by atoms with Crippen molar-refractivity contribution in [3.8, 4) is 0 Å². The second kappa shape index (κ2) is 5.94. The highest BCUT2D eigenvalue weighted by molar-refractivity contribution is 7.98. The summed E-state index contributed by atoms with van der Waals surface area (Å²) in [6, 6.07) is 15.8. The normalized spacial score (nSPS) is 10.3. The maximum Gasteiger partial charge on any atom is 0.124 e. The number of nitrogen functional groups attached to an aromatic ring is 1. The van der Waals surface area contributed by atoms with Gasteiger partial charge in [0.05, 0.1) is 5.02 Å². The third-order valence-electron chi connectivity index (χ3n) is 2.48. The third-order valence-corrected chi connectivity index (χ3v) is 3.86. The maximum atomic E-state index is 7.37. The molecule has 2 aromatic rings. The van der Waals surface area contributed by atoms with E-state index in [0.29, 0.717) is 10.6 Å². The monoisotopic (exact) mass is 276 g/mol. The van der Waals surface area contributed by atoms with Gasteiger partial charge in [0.2, 0.25) is 0 Å². The predicted molar refractivity (Wildman–Crippen MR) is 78.5 cm³/mol. The van der Waals surface area contributed by atoms with Crippen LogP contribution in [0.4, 0.5) is 0 Å². The molecule has 0 bridgehead atoms. The topological polar surface area (TPSA) is 49.9 Å². The van der Waals surface area contributed by atoms with Gasteiger partial charge in [-0.2, -0.15) is 0 Å². The van der Waals surface area contributed by atoms with E-state index in [-0.39, 0.29) is 5.84 Å². The molecule has 2 nitrogen and oxygen atoms in total. The van der Waals surface area contributed by atoms with Crippen molar-refractivity contribution in [1.82, 2.24) is 0 Å². The number of amidine groups is 1. The Balaban J connectivity index is 2.07. The molecule has 0 atom stereocenters. The van der Waals surface area contributed by atoms with E-state index in [1.54, 1.807) is 17.8 Å². The van der Waals surface area contributed by atoms with Gasteiger partial charge in [-0.1, -0.05) is 41.9 Å². The fourth-order valence-electron chi connectivity index (χ4n) is 1.54. The van der Waals surface area contributed by atoms with E-state index >= 15 is 0 Å². The summed E-state index contributed by atoms with van der Waals surface area (Å²) < 4.78 is 0. The van der Waals surface area contributed by atoms with Crippen LogP contribution in [0, 0.1) is 5.41 Å². The van der Waals surface area contributed by atoms with Crippen molar-refractivity contribution in [2.75, 3.05) is 0 Å². The Morgan fingerprint density at radius 2 is 1.89 bits per heavy atom. The van der Waals surface area contributed by atoms with E-state index in [1.807, 2.05) is 30.3 Å². The van der Waals surface area contributed by atoms with Gasteiger partial charge >= 0.3 is 0 Å². The zero-order chi connectivity index (χ0) is 13.0. The Hall–Kier alpha value is -1.45. The SMILES string of the molecule is N=C(N)c1ccc(SCc2ccccc2)cc1Cl. The third kappa shape index (κ3) is 3.28. The van der Waals surface area contributed by atoms with Crippen LogP contribution < -0.4 is 5.73 Å². The number of rotatable bonds is 4. The molecule has 0 fully saturated rings. The molecule has 0 aromatic heterocycles.